The predicted molar refractivity (Wildman–Crippen MR) is 79.2 cm³/mol. The highest BCUT2D eigenvalue weighted by Crippen LogP contribution is 2.29. The molecule has 0 saturated heterocycles. The second-order valence-electron chi connectivity index (χ2n) is 5.15. The Morgan fingerprint density at radius 2 is 2.25 bits per heavy atom. The first-order chi connectivity index (χ1) is 9.60. The Labute approximate surface area is 127 Å². The lowest BCUT2D eigenvalue weighted by atomic mass is 10.3. The summed E-state index contributed by atoms with van der Waals surface area (Å²) in [5.74, 6) is 0.233. The number of nitrogens with zero attached hydrogens (tertiary/aromatic N) is 1. The monoisotopic (exact) mass is 343 g/mol. The van der Waals surface area contributed by atoms with Gasteiger partial charge in [-0.15, -0.1) is 0 Å². The molecule has 0 aliphatic heterocycles. The summed E-state index contributed by atoms with van der Waals surface area (Å²) in [4.78, 5) is 13.9. The van der Waals surface area contributed by atoms with Crippen LogP contribution in [0.1, 0.15) is 26.2 Å². The number of ether oxygens (including phenoxy) is 1. The van der Waals surface area contributed by atoms with Gasteiger partial charge in [-0.2, -0.15) is 0 Å². The number of benzene rings is 1. The highest BCUT2D eigenvalue weighted by atomic mass is 79.9. The summed E-state index contributed by atoms with van der Waals surface area (Å²) in [7, 11) is 0. The van der Waals surface area contributed by atoms with E-state index in [0.717, 1.165) is 19.5 Å². The largest absolute Gasteiger partial charge is 0.481 e. The van der Waals surface area contributed by atoms with Gasteiger partial charge >= 0.3 is 0 Å². The molecule has 0 atom stereocenters. The Bertz CT molecular complexity index is 477. The Balaban J connectivity index is 1.88. The summed E-state index contributed by atoms with van der Waals surface area (Å²) in [5, 5.41) is 0. The maximum atomic E-state index is 13.6. The zero-order valence-corrected chi connectivity index (χ0v) is 13.2. The first kappa shape index (κ1) is 15.3. The number of carbonyl (C=O) groups excluding carboxylic acids is 1. The lowest BCUT2D eigenvalue weighted by Crippen LogP contribution is -2.37. The van der Waals surface area contributed by atoms with Gasteiger partial charge in [0.05, 0.1) is 0 Å². The molecular formula is C15H19BrFNO2. The van der Waals surface area contributed by atoms with E-state index < -0.39 is 5.82 Å². The van der Waals surface area contributed by atoms with E-state index in [4.69, 9.17) is 4.74 Å². The summed E-state index contributed by atoms with van der Waals surface area (Å²) in [6.45, 7) is 3.48. The molecule has 1 saturated carbocycles. The first-order valence-electron chi connectivity index (χ1n) is 6.95. The maximum Gasteiger partial charge on any atom is 0.260 e. The van der Waals surface area contributed by atoms with Crippen molar-refractivity contribution in [3.05, 3.63) is 28.5 Å². The van der Waals surface area contributed by atoms with Crippen LogP contribution in [0.4, 0.5) is 4.39 Å². The Morgan fingerprint density at radius 3 is 2.85 bits per heavy atom. The van der Waals surface area contributed by atoms with Crippen molar-refractivity contribution in [1.29, 1.82) is 0 Å². The quantitative estimate of drug-likeness (QED) is 0.756. The van der Waals surface area contributed by atoms with Gasteiger partial charge in [-0.25, -0.2) is 4.39 Å². The van der Waals surface area contributed by atoms with Crippen molar-refractivity contribution >= 4 is 21.8 Å². The molecule has 0 aromatic heterocycles. The molecule has 3 nitrogen and oxygen atoms in total. The van der Waals surface area contributed by atoms with Gasteiger partial charge in [-0.1, -0.05) is 22.9 Å². The van der Waals surface area contributed by atoms with Crippen molar-refractivity contribution in [2.24, 2.45) is 5.92 Å². The van der Waals surface area contributed by atoms with Crippen molar-refractivity contribution in [1.82, 2.24) is 4.90 Å². The summed E-state index contributed by atoms with van der Waals surface area (Å²) in [6.07, 6.45) is 3.33. The van der Waals surface area contributed by atoms with E-state index >= 15 is 0 Å². The zero-order chi connectivity index (χ0) is 14.5. The molecule has 1 aromatic rings. The predicted octanol–water partition coefficient (Wildman–Crippen LogP) is 3.62. The van der Waals surface area contributed by atoms with E-state index in [0.29, 0.717) is 10.4 Å². The molecule has 0 N–H and O–H groups in total. The number of hydrogen-bond donors (Lipinski definition) is 0. The molecule has 1 aromatic carbocycles. The van der Waals surface area contributed by atoms with Crippen molar-refractivity contribution in [2.75, 3.05) is 19.7 Å². The molecule has 5 heteroatoms. The maximum absolute atomic E-state index is 13.6. The van der Waals surface area contributed by atoms with Crippen LogP contribution >= 0.6 is 15.9 Å². The average molecular weight is 344 g/mol. The topological polar surface area (TPSA) is 29.5 Å². The van der Waals surface area contributed by atoms with Crippen LogP contribution in [0.3, 0.4) is 0 Å². The van der Waals surface area contributed by atoms with Gasteiger partial charge in [0.25, 0.3) is 5.91 Å². The molecule has 1 aliphatic rings. The van der Waals surface area contributed by atoms with Crippen LogP contribution in [0.5, 0.6) is 5.75 Å². The second-order valence-corrected chi connectivity index (χ2v) is 6.06. The molecular weight excluding hydrogens is 325 g/mol. The minimum absolute atomic E-state index is 0.0685. The van der Waals surface area contributed by atoms with E-state index in [1.807, 2.05) is 11.8 Å². The summed E-state index contributed by atoms with van der Waals surface area (Å²) < 4.78 is 19.5. The van der Waals surface area contributed by atoms with Crippen molar-refractivity contribution in [2.45, 2.75) is 26.2 Å². The van der Waals surface area contributed by atoms with E-state index in [1.165, 1.54) is 25.0 Å². The standard InChI is InChI=1S/C15H19BrFNO2/c1-2-7-18(9-11-3-4-11)15(19)10-20-14-6-5-12(16)8-13(14)17/h5-6,8,11H,2-4,7,9-10H2,1H3. The number of halogens is 2. The molecule has 110 valence electrons. The summed E-state index contributed by atoms with van der Waals surface area (Å²) in [5.41, 5.74) is 0. The van der Waals surface area contributed by atoms with Gasteiger partial charge < -0.3 is 9.64 Å². The molecule has 0 unspecified atom stereocenters. The third kappa shape index (κ3) is 4.47. The van der Waals surface area contributed by atoms with Crippen LogP contribution in [0.25, 0.3) is 0 Å². The van der Waals surface area contributed by atoms with E-state index in [9.17, 15) is 9.18 Å². The molecule has 1 amide bonds. The van der Waals surface area contributed by atoms with Crippen molar-refractivity contribution < 1.29 is 13.9 Å². The second kappa shape index (κ2) is 7.07. The van der Waals surface area contributed by atoms with Crippen LogP contribution in [0, 0.1) is 11.7 Å². The first-order valence-corrected chi connectivity index (χ1v) is 7.75. The number of hydrogen-bond acceptors (Lipinski definition) is 2. The van der Waals surface area contributed by atoms with Crippen LogP contribution < -0.4 is 4.74 Å². The van der Waals surface area contributed by atoms with Crippen LogP contribution in [-0.2, 0) is 4.79 Å². The lowest BCUT2D eigenvalue weighted by molar-refractivity contribution is -0.133. The average Bonchev–Trinajstić information content (AvgIpc) is 3.21. The van der Waals surface area contributed by atoms with Gasteiger partial charge in [-0.05, 0) is 43.4 Å². The lowest BCUT2D eigenvalue weighted by Gasteiger charge is -2.22. The van der Waals surface area contributed by atoms with Gasteiger partial charge in [0, 0.05) is 17.6 Å². The van der Waals surface area contributed by atoms with Gasteiger partial charge in [-0.3, -0.25) is 4.79 Å². The van der Waals surface area contributed by atoms with Crippen LogP contribution in [-0.4, -0.2) is 30.5 Å². The fraction of sp³-hybridized carbons (Fsp3) is 0.533. The highest BCUT2D eigenvalue weighted by molar-refractivity contribution is 9.10. The summed E-state index contributed by atoms with van der Waals surface area (Å²) in [6, 6.07) is 4.54. The van der Waals surface area contributed by atoms with Crippen molar-refractivity contribution in [3.63, 3.8) is 0 Å². The molecule has 20 heavy (non-hydrogen) atoms. The van der Waals surface area contributed by atoms with Gasteiger partial charge in [0.1, 0.15) is 0 Å². The SMILES string of the molecule is CCCN(CC1CC1)C(=O)COc1ccc(Br)cc1F. The summed E-state index contributed by atoms with van der Waals surface area (Å²) >= 11 is 3.18. The highest BCUT2D eigenvalue weighted by Gasteiger charge is 2.26. The van der Waals surface area contributed by atoms with Crippen molar-refractivity contribution in [3.8, 4) is 5.75 Å². The molecule has 0 bridgehead atoms. The Kier molecular flexibility index (Phi) is 5.40. The molecule has 2 rings (SSSR count). The number of rotatable bonds is 7. The van der Waals surface area contributed by atoms with E-state index in [1.54, 1.807) is 6.07 Å². The fourth-order valence-electron chi connectivity index (χ4n) is 2.02. The van der Waals surface area contributed by atoms with E-state index in [-0.39, 0.29) is 18.3 Å². The third-order valence-electron chi connectivity index (χ3n) is 3.27. The molecule has 0 radical (unpaired) electrons. The van der Waals surface area contributed by atoms with Crippen LogP contribution in [0.15, 0.2) is 22.7 Å². The fourth-order valence-corrected chi connectivity index (χ4v) is 2.36. The third-order valence-corrected chi connectivity index (χ3v) is 3.76. The molecule has 0 spiro atoms. The number of carbonyl (C=O) groups is 1. The molecule has 1 aliphatic carbocycles. The van der Waals surface area contributed by atoms with Gasteiger partial charge in [0.15, 0.2) is 18.2 Å². The normalized spacial score (nSPS) is 14.2. The Morgan fingerprint density at radius 1 is 1.50 bits per heavy atom. The van der Waals surface area contributed by atoms with Crippen LogP contribution in [0.2, 0.25) is 0 Å². The van der Waals surface area contributed by atoms with E-state index in [2.05, 4.69) is 15.9 Å². The smallest absolute Gasteiger partial charge is 0.260 e. The van der Waals surface area contributed by atoms with Gasteiger partial charge in [0.2, 0.25) is 0 Å². The number of amides is 1. The Hall–Kier alpha value is -1.10. The molecule has 1 fully saturated rings. The zero-order valence-electron chi connectivity index (χ0n) is 11.6. The minimum atomic E-state index is -0.462. The minimum Gasteiger partial charge on any atom is -0.481 e. The molecule has 0 heterocycles.